The normalized spacial score (nSPS) is 12.9. The van der Waals surface area contributed by atoms with Crippen LogP contribution in [0, 0.1) is 0 Å². The molecule has 0 spiro atoms. The third kappa shape index (κ3) is 3.62. The number of aryl methyl sites for hydroxylation is 2. The largest absolute Gasteiger partial charge is 0.335 e. The van der Waals surface area contributed by atoms with Gasteiger partial charge in [-0.25, -0.2) is 4.98 Å². The molecule has 0 bridgehead atoms. The number of rotatable bonds is 0. The molecule has 2 nitrogen and oxygen atoms in total. The van der Waals surface area contributed by atoms with Gasteiger partial charge in [-0.05, 0) is 12.8 Å². The summed E-state index contributed by atoms with van der Waals surface area (Å²) in [6.07, 6.45) is 7.77. The average Bonchev–Trinajstić information content (AvgIpc) is 2.71. The second-order valence-electron chi connectivity index (χ2n) is 2.49. The molecule has 76 valence electrons. The molecule has 1 aromatic heterocycles. The van der Waals surface area contributed by atoms with Gasteiger partial charge < -0.3 is 4.57 Å². The number of hydrogen-bond acceptors (Lipinski definition) is 1. The minimum Gasteiger partial charge on any atom is -0.335 e. The number of hydrogen-bond donors (Lipinski definition) is 0. The van der Waals surface area contributed by atoms with Crippen molar-refractivity contribution < 1.29 is 0 Å². The van der Waals surface area contributed by atoms with E-state index in [1.807, 2.05) is 33.9 Å². The molecule has 0 fully saturated rings. The van der Waals surface area contributed by atoms with Crippen LogP contribution in [-0.4, -0.2) is 9.55 Å². The maximum atomic E-state index is 4.22. The summed E-state index contributed by atoms with van der Waals surface area (Å²) in [5.41, 5.74) is 0. The quantitative estimate of drug-likeness (QED) is 0.602. The van der Waals surface area contributed by atoms with Crippen molar-refractivity contribution in [3.05, 3.63) is 18.2 Å². The lowest BCUT2D eigenvalue weighted by molar-refractivity contribution is 0.522. The average molecular weight is 182 g/mol. The molecule has 0 unspecified atom stereocenters. The van der Waals surface area contributed by atoms with E-state index < -0.39 is 0 Å². The summed E-state index contributed by atoms with van der Waals surface area (Å²) in [6.45, 7) is 9.18. The summed E-state index contributed by atoms with van der Waals surface area (Å²) in [7, 11) is 0. The van der Waals surface area contributed by atoms with Crippen LogP contribution in [0.4, 0.5) is 0 Å². The van der Waals surface area contributed by atoms with E-state index in [0.29, 0.717) is 0 Å². The van der Waals surface area contributed by atoms with Crippen molar-refractivity contribution in [1.82, 2.24) is 9.55 Å². The maximum Gasteiger partial charge on any atom is 0.108 e. The molecule has 1 aromatic rings. The first-order valence-electron chi connectivity index (χ1n) is 5.47. The Morgan fingerprint density at radius 2 is 1.85 bits per heavy atom. The first-order chi connectivity index (χ1) is 6.47. The fourth-order valence-corrected chi connectivity index (χ4v) is 1.34. The predicted octanol–water partition coefficient (Wildman–Crippen LogP) is 3.27. The Kier molecular flexibility index (Phi) is 7.36. The lowest BCUT2D eigenvalue weighted by Crippen LogP contribution is -2.08. The number of nitrogens with zero attached hydrogens (tertiary/aromatic N) is 2. The van der Waals surface area contributed by atoms with Crippen LogP contribution in [-0.2, 0) is 13.0 Å². The van der Waals surface area contributed by atoms with Crippen molar-refractivity contribution in [1.29, 1.82) is 0 Å². The van der Waals surface area contributed by atoms with Gasteiger partial charge in [0.25, 0.3) is 0 Å². The zero-order chi connectivity index (χ0) is 10.1. The highest BCUT2D eigenvalue weighted by Crippen LogP contribution is 2.10. The maximum absolute atomic E-state index is 4.22. The minimum absolute atomic E-state index is 1.17. The Labute approximate surface area is 82.0 Å². The molecule has 2 heterocycles. The Morgan fingerprint density at radius 3 is 2.46 bits per heavy atom. The molecule has 2 rings (SSSR count). The van der Waals surface area contributed by atoms with Crippen molar-refractivity contribution in [3.63, 3.8) is 0 Å². The second kappa shape index (κ2) is 7.84. The van der Waals surface area contributed by atoms with E-state index in [2.05, 4.69) is 15.7 Å². The van der Waals surface area contributed by atoms with Crippen molar-refractivity contribution in [2.24, 2.45) is 0 Å². The van der Waals surface area contributed by atoms with Crippen LogP contribution in [0.15, 0.2) is 12.4 Å². The van der Waals surface area contributed by atoms with Gasteiger partial charge in [-0.1, -0.05) is 27.7 Å². The fraction of sp³-hybridized carbons (Fsp3) is 0.727. The highest BCUT2D eigenvalue weighted by atomic mass is 15.1. The van der Waals surface area contributed by atoms with Gasteiger partial charge in [-0.3, -0.25) is 0 Å². The predicted molar refractivity (Wildman–Crippen MR) is 57.9 cm³/mol. The van der Waals surface area contributed by atoms with Crippen LogP contribution < -0.4 is 0 Å². The molecule has 0 saturated carbocycles. The summed E-state index contributed by atoms with van der Waals surface area (Å²) in [4.78, 5) is 4.22. The molecule has 0 N–H and O–H groups in total. The molecule has 0 atom stereocenters. The Balaban J connectivity index is 0.000000322. The summed E-state index contributed by atoms with van der Waals surface area (Å²) in [5.74, 6) is 1.27. The lowest BCUT2D eigenvalue weighted by Gasteiger charge is -2.11. The van der Waals surface area contributed by atoms with Crippen molar-refractivity contribution in [2.75, 3.05) is 0 Å². The van der Waals surface area contributed by atoms with Crippen LogP contribution in [0.2, 0.25) is 0 Å². The topological polar surface area (TPSA) is 17.8 Å². The molecule has 0 amide bonds. The lowest BCUT2D eigenvalue weighted by atomic mass is 10.2. The van der Waals surface area contributed by atoms with Crippen LogP contribution in [0.5, 0.6) is 0 Å². The summed E-state index contributed by atoms with van der Waals surface area (Å²) in [5, 5.41) is 0. The van der Waals surface area contributed by atoms with Gasteiger partial charge >= 0.3 is 0 Å². The van der Waals surface area contributed by atoms with E-state index in [4.69, 9.17) is 0 Å². The standard InChI is InChI=1S/C7H10N2.2C2H6/c1-2-5-9-6-4-8-7(9)3-1;2*1-2/h4,6H,1-3,5H2;2*1-2H3. The third-order valence-corrected chi connectivity index (χ3v) is 1.85. The van der Waals surface area contributed by atoms with Gasteiger partial charge in [0, 0.05) is 25.4 Å². The van der Waals surface area contributed by atoms with E-state index in [1.165, 1.54) is 31.6 Å². The monoisotopic (exact) mass is 182 g/mol. The molecular formula is C11H22N2. The SMILES string of the molecule is CC.CC.c1cn2c(n1)CCCC2. The van der Waals surface area contributed by atoms with E-state index in [9.17, 15) is 0 Å². The van der Waals surface area contributed by atoms with Crippen molar-refractivity contribution >= 4 is 0 Å². The Hall–Kier alpha value is -0.790. The van der Waals surface area contributed by atoms with Crippen molar-refractivity contribution in [2.45, 2.75) is 53.5 Å². The minimum atomic E-state index is 1.17. The highest BCUT2D eigenvalue weighted by molar-refractivity contribution is 4.94. The van der Waals surface area contributed by atoms with E-state index in [1.54, 1.807) is 0 Å². The molecule has 0 radical (unpaired) electrons. The zero-order valence-electron chi connectivity index (χ0n) is 9.38. The highest BCUT2D eigenvalue weighted by Gasteiger charge is 2.06. The second-order valence-corrected chi connectivity index (χ2v) is 2.49. The smallest absolute Gasteiger partial charge is 0.108 e. The number of aromatic nitrogens is 2. The number of imidazole rings is 1. The van der Waals surface area contributed by atoms with Crippen molar-refractivity contribution in [3.8, 4) is 0 Å². The van der Waals surface area contributed by atoms with Gasteiger partial charge in [0.1, 0.15) is 5.82 Å². The van der Waals surface area contributed by atoms with Crippen LogP contribution >= 0.6 is 0 Å². The van der Waals surface area contributed by atoms with Gasteiger partial charge in [0.15, 0.2) is 0 Å². The first kappa shape index (κ1) is 12.2. The van der Waals surface area contributed by atoms with Crippen LogP contribution in [0.1, 0.15) is 46.4 Å². The van der Waals surface area contributed by atoms with Gasteiger partial charge in [-0.2, -0.15) is 0 Å². The fourth-order valence-electron chi connectivity index (χ4n) is 1.34. The molecule has 1 aliphatic heterocycles. The molecule has 0 saturated heterocycles. The molecule has 0 aliphatic carbocycles. The van der Waals surface area contributed by atoms with Gasteiger partial charge in [0.05, 0.1) is 0 Å². The molecule has 2 heteroatoms. The van der Waals surface area contributed by atoms with Gasteiger partial charge in [0.2, 0.25) is 0 Å². The zero-order valence-corrected chi connectivity index (χ0v) is 9.38. The molecule has 1 aliphatic rings. The Morgan fingerprint density at radius 1 is 1.15 bits per heavy atom. The first-order valence-corrected chi connectivity index (χ1v) is 5.47. The molecule has 0 aromatic carbocycles. The van der Waals surface area contributed by atoms with E-state index in [0.717, 1.165) is 0 Å². The number of fused-ring (bicyclic) bond motifs is 1. The summed E-state index contributed by atoms with van der Waals surface area (Å²) >= 11 is 0. The van der Waals surface area contributed by atoms with E-state index >= 15 is 0 Å². The summed E-state index contributed by atoms with van der Waals surface area (Å²) < 4.78 is 2.24. The van der Waals surface area contributed by atoms with Crippen LogP contribution in [0.25, 0.3) is 0 Å². The Bertz CT molecular complexity index is 183. The summed E-state index contributed by atoms with van der Waals surface area (Å²) in [6, 6.07) is 0. The van der Waals surface area contributed by atoms with Gasteiger partial charge in [-0.15, -0.1) is 0 Å². The van der Waals surface area contributed by atoms with Crippen LogP contribution in [0.3, 0.4) is 0 Å². The van der Waals surface area contributed by atoms with E-state index in [-0.39, 0.29) is 0 Å². The molecular weight excluding hydrogens is 160 g/mol. The molecule has 13 heavy (non-hydrogen) atoms. The third-order valence-electron chi connectivity index (χ3n) is 1.85.